The fourth-order valence-electron chi connectivity index (χ4n) is 1.12. The van der Waals surface area contributed by atoms with Crippen molar-refractivity contribution in [3.63, 3.8) is 0 Å². The second-order valence-corrected chi connectivity index (χ2v) is 3.45. The van der Waals surface area contributed by atoms with E-state index in [1.807, 2.05) is 6.92 Å². The normalized spacial score (nSPS) is 13.2. The lowest BCUT2D eigenvalue weighted by Crippen LogP contribution is -2.16. The minimum atomic E-state index is -0.124. The number of unbranched alkanes of at least 4 members (excludes halogenated alkanes) is 2. The van der Waals surface area contributed by atoms with Gasteiger partial charge >= 0.3 is 0 Å². The number of aliphatic hydroxyl groups is 1. The van der Waals surface area contributed by atoms with E-state index in [1.165, 1.54) is 19.3 Å². The van der Waals surface area contributed by atoms with Crippen LogP contribution in [0.25, 0.3) is 0 Å². The van der Waals surface area contributed by atoms with E-state index in [-0.39, 0.29) is 6.10 Å². The van der Waals surface area contributed by atoms with Gasteiger partial charge in [-0.2, -0.15) is 0 Å². The van der Waals surface area contributed by atoms with Crippen LogP contribution in [0.1, 0.15) is 46.0 Å². The molecule has 12 heavy (non-hydrogen) atoms. The first kappa shape index (κ1) is 11.9. The fourth-order valence-corrected chi connectivity index (χ4v) is 1.12. The highest BCUT2D eigenvalue weighted by molar-refractivity contribution is 4.51. The second kappa shape index (κ2) is 9.01. The maximum atomic E-state index is 8.97. The molecule has 0 fully saturated rings. The third kappa shape index (κ3) is 9.92. The van der Waals surface area contributed by atoms with Crippen molar-refractivity contribution in [1.82, 2.24) is 5.32 Å². The van der Waals surface area contributed by atoms with Gasteiger partial charge in [-0.1, -0.05) is 13.3 Å². The largest absolute Gasteiger partial charge is 0.393 e. The maximum Gasteiger partial charge on any atom is 0.0512 e. The van der Waals surface area contributed by atoms with Crippen LogP contribution in [-0.2, 0) is 0 Å². The lowest BCUT2D eigenvalue weighted by atomic mass is 10.2. The summed E-state index contributed by atoms with van der Waals surface area (Å²) in [7, 11) is 0. The first-order valence-electron chi connectivity index (χ1n) is 5.16. The second-order valence-electron chi connectivity index (χ2n) is 3.45. The van der Waals surface area contributed by atoms with Crippen LogP contribution in [0, 0.1) is 0 Å². The van der Waals surface area contributed by atoms with Gasteiger partial charge in [-0.3, -0.25) is 0 Å². The Bertz CT molecular complexity index is 83.9. The third-order valence-corrected chi connectivity index (χ3v) is 1.93. The van der Waals surface area contributed by atoms with Gasteiger partial charge in [-0.15, -0.1) is 0 Å². The van der Waals surface area contributed by atoms with Gasteiger partial charge in [0.25, 0.3) is 0 Å². The first-order chi connectivity index (χ1) is 5.77. The van der Waals surface area contributed by atoms with Crippen molar-refractivity contribution < 1.29 is 5.11 Å². The Hall–Kier alpha value is -0.0800. The summed E-state index contributed by atoms with van der Waals surface area (Å²) in [6.07, 6.45) is 5.68. The van der Waals surface area contributed by atoms with Crippen molar-refractivity contribution in [2.75, 3.05) is 13.1 Å². The molecule has 0 aromatic carbocycles. The van der Waals surface area contributed by atoms with E-state index < -0.39 is 0 Å². The summed E-state index contributed by atoms with van der Waals surface area (Å²) in [5, 5.41) is 12.4. The summed E-state index contributed by atoms with van der Waals surface area (Å²) >= 11 is 0. The summed E-state index contributed by atoms with van der Waals surface area (Å²) in [6, 6.07) is 0. The van der Waals surface area contributed by atoms with Gasteiger partial charge in [0.15, 0.2) is 0 Å². The summed E-state index contributed by atoms with van der Waals surface area (Å²) in [5.74, 6) is 0. The molecular weight excluding hydrogens is 150 g/mol. The van der Waals surface area contributed by atoms with Gasteiger partial charge in [-0.05, 0) is 45.7 Å². The molecule has 0 saturated heterocycles. The van der Waals surface area contributed by atoms with Crippen LogP contribution >= 0.6 is 0 Å². The van der Waals surface area contributed by atoms with Crippen molar-refractivity contribution in [2.24, 2.45) is 0 Å². The first-order valence-corrected chi connectivity index (χ1v) is 5.16. The fraction of sp³-hybridized carbons (Fsp3) is 1.00. The van der Waals surface area contributed by atoms with E-state index in [4.69, 9.17) is 5.11 Å². The van der Waals surface area contributed by atoms with E-state index >= 15 is 0 Å². The average molecular weight is 173 g/mol. The van der Waals surface area contributed by atoms with Gasteiger partial charge in [0.2, 0.25) is 0 Å². The smallest absolute Gasteiger partial charge is 0.0512 e. The van der Waals surface area contributed by atoms with E-state index in [1.54, 1.807) is 0 Å². The molecule has 0 aliphatic rings. The van der Waals surface area contributed by atoms with E-state index in [0.29, 0.717) is 0 Å². The molecule has 2 nitrogen and oxygen atoms in total. The van der Waals surface area contributed by atoms with Gasteiger partial charge in [0.1, 0.15) is 0 Å². The van der Waals surface area contributed by atoms with E-state index in [0.717, 1.165) is 25.9 Å². The minimum absolute atomic E-state index is 0.124. The van der Waals surface area contributed by atoms with Gasteiger partial charge < -0.3 is 10.4 Å². The Balaban J connectivity index is 2.82. The monoisotopic (exact) mass is 173 g/mol. The molecule has 0 rings (SSSR count). The van der Waals surface area contributed by atoms with Crippen LogP contribution < -0.4 is 5.32 Å². The van der Waals surface area contributed by atoms with Gasteiger partial charge in [0, 0.05) is 0 Å². The van der Waals surface area contributed by atoms with Crippen molar-refractivity contribution in [3.8, 4) is 0 Å². The Morgan fingerprint density at radius 3 is 2.42 bits per heavy atom. The van der Waals surface area contributed by atoms with Crippen LogP contribution in [-0.4, -0.2) is 24.3 Å². The van der Waals surface area contributed by atoms with E-state index in [2.05, 4.69) is 12.2 Å². The van der Waals surface area contributed by atoms with Gasteiger partial charge in [0.05, 0.1) is 6.10 Å². The summed E-state index contributed by atoms with van der Waals surface area (Å²) in [5.41, 5.74) is 0. The summed E-state index contributed by atoms with van der Waals surface area (Å²) in [4.78, 5) is 0. The maximum absolute atomic E-state index is 8.97. The zero-order valence-electron chi connectivity index (χ0n) is 8.47. The highest BCUT2D eigenvalue weighted by Crippen LogP contribution is 1.98. The van der Waals surface area contributed by atoms with Crippen molar-refractivity contribution in [1.29, 1.82) is 0 Å². The zero-order chi connectivity index (χ0) is 9.23. The molecule has 0 aliphatic carbocycles. The Kier molecular flexibility index (Phi) is 8.95. The molecule has 2 heteroatoms. The number of nitrogens with one attached hydrogen (secondary N) is 1. The number of aliphatic hydroxyl groups excluding tert-OH is 1. The lowest BCUT2D eigenvalue weighted by Gasteiger charge is -2.04. The van der Waals surface area contributed by atoms with Crippen LogP contribution in [0.3, 0.4) is 0 Å². The van der Waals surface area contributed by atoms with Gasteiger partial charge in [-0.25, -0.2) is 0 Å². The molecule has 0 aromatic rings. The number of hydrogen-bond donors (Lipinski definition) is 2. The molecule has 0 amide bonds. The number of hydrogen-bond acceptors (Lipinski definition) is 2. The zero-order valence-corrected chi connectivity index (χ0v) is 8.47. The molecule has 0 bridgehead atoms. The van der Waals surface area contributed by atoms with Crippen molar-refractivity contribution in [2.45, 2.75) is 52.1 Å². The third-order valence-electron chi connectivity index (χ3n) is 1.93. The SMILES string of the molecule is CCCCNCCCC[C@H](C)O. The van der Waals surface area contributed by atoms with Crippen molar-refractivity contribution in [3.05, 3.63) is 0 Å². The average Bonchev–Trinajstić information content (AvgIpc) is 2.02. The Morgan fingerprint density at radius 2 is 1.83 bits per heavy atom. The predicted octanol–water partition coefficient (Wildman–Crippen LogP) is 1.93. The molecule has 0 unspecified atom stereocenters. The number of rotatable bonds is 8. The highest BCUT2D eigenvalue weighted by Gasteiger charge is 1.94. The van der Waals surface area contributed by atoms with Crippen LogP contribution in [0.5, 0.6) is 0 Å². The summed E-state index contributed by atoms with van der Waals surface area (Å²) in [6.45, 7) is 6.30. The minimum Gasteiger partial charge on any atom is -0.393 e. The lowest BCUT2D eigenvalue weighted by molar-refractivity contribution is 0.180. The van der Waals surface area contributed by atoms with E-state index in [9.17, 15) is 0 Å². The predicted molar refractivity (Wildman–Crippen MR) is 53.3 cm³/mol. The summed E-state index contributed by atoms with van der Waals surface area (Å²) < 4.78 is 0. The molecule has 0 heterocycles. The molecule has 0 radical (unpaired) electrons. The standard InChI is InChI=1S/C10H23NO/c1-3-4-8-11-9-6-5-7-10(2)12/h10-12H,3-9H2,1-2H3/t10-/m0/s1. The molecule has 2 N–H and O–H groups in total. The topological polar surface area (TPSA) is 32.3 Å². The van der Waals surface area contributed by atoms with Crippen molar-refractivity contribution >= 4 is 0 Å². The highest BCUT2D eigenvalue weighted by atomic mass is 16.3. The van der Waals surface area contributed by atoms with Crippen LogP contribution in [0.15, 0.2) is 0 Å². The van der Waals surface area contributed by atoms with Crippen LogP contribution in [0.2, 0.25) is 0 Å². The molecule has 0 spiro atoms. The molecular formula is C10H23NO. The molecule has 0 saturated carbocycles. The molecule has 0 aliphatic heterocycles. The Morgan fingerprint density at radius 1 is 1.17 bits per heavy atom. The molecule has 74 valence electrons. The van der Waals surface area contributed by atoms with Crippen LogP contribution in [0.4, 0.5) is 0 Å². The molecule has 0 aromatic heterocycles. The Labute approximate surface area is 76.4 Å². The quantitative estimate of drug-likeness (QED) is 0.550. The molecule has 1 atom stereocenters.